The third kappa shape index (κ3) is 3.64. The lowest BCUT2D eigenvalue weighted by molar-refractivity contribution is -0.137. The van der Waals surface area contributed by atoms with Gasteiger partial charge in [-0.2, -0.15) is 13.2 Å². The lowest BCUT2D eigenvalue weighted by Gasteiger charge is -2.51. The van der Waals surface area contributed by atoms with Gasteiger partial charge < -0.3 is 15.0 Å². The molecule has 4 nitrogen and oxygen atoms in total. The lowest BCUT2D eigenvalue weighted by Crippen LogP contribution is -2.50. The maximum absolute atomic E-state index is 12.8. The van der Waals surface area contributed by atoms with Gasteiger partial charge in [-0.1, -0.05) is 26.0 Å². The van der Waals surface area contributed by atoms with Crippen LogP contribution in [-0.2, 0) is 11.0 Å². The Morgan fingerprint density at radius 2 is 1.87 bits per heavy atom. The van der Waals surface area contributed by atoms with E-state index in [1.807, 2.05) is 18.2 Å². The summed E-state index contributed by atoms with van der Waals surface area (Å²) in [5.74, 6) is 0.662. The molecule has 158 valence electrons. The van der Waals surface area contributed by atoms with Gasteiger partial charge in [-0.15, -0.1) is 0 Å². The molecule has 3 aromatic rings. The highest BCUT2D eigenvalue weighted by molar-refractivity contribution is 6.01. The first-order valence-electron chi connectivity index (χ1n) is 9.78. The normalized spacial score (nSPS) is 20.6. The molecule has 1 amide bonds. The van der Waals surface area contributed by atoms with Crippen molar-refractivity contribution in [2.75, 3.05) is 5.32 Å². The fourth-order valence-electron chi connectivity index (χ4n) is 4.19. The second-order valence-corrected chi connectivity index (χ2v) is 8.43. The quantitative estimate of drug-likeness (QED) is 0.539. The van der Waals surface area contributed by atoms with Crippen molar-refractivity contribution in [1.82, 2.24) is 4.98 Å². The Morgan fingerprint density at radius 1 is 1.17 bits per heavy atom. The lowest BCUT2D eigenvalue weighted by atomic mass is 9.57. The van der Waals surface area contributed by atoms with Gasteiger partial charge in [0.25, 0.3) is 0 Å². The highest BCUT2D eigenvalue weighted by Gasteiger charge is 2.50. The van der Waals surface area contributed by atoms with Gasteiger partial charge in [0.1, 0.15) is 11.9 Å². The van der Waals surface area contributed by atoms with Crippen molar-refractivity contribution >= 4 is 22.5 Å². The second-order valence-electron chi connectivity index (χ2n) is 8.43. The number of anilines is 1. The van der Waals surface area contributed by atoms with Crippen LogP contribution in [0, 0.1) is 5.41 Å². The van der Waals surface area contributed by atoms with Crippen molar-refractivity contribution in [1.29, 1.82) is 0 Å². The zero-order chi connectivity index (χ0) is 21.7. The van der Waals surface area contributed by atoms with Crippen LogP contribution in [0.15, 0.2) is 48.7 Å². The summed E-state index contributed by atoms with van der Waals surface area (Å²) in [6, 6.07) is 11.1. The summed E-state index contributed by atoms with van der Waals surface area (Å²) in [6.07, 6.45) is -1.93. The molecule has 0 spiro atoms. The third-order valence-corrected chi connectivity index (χ3v) is 6.06. The number of fused-ring (bicyclic) bond motifs is 1. The minimum atomic E-state index is -4.33. The van der Waals surface area contributed by atoms with Crippen LogP contribution >= 0.6 is 0 Å². The van der Waals surface area contributed by atoms with Crippen molar-refractivity contribution in [3.05, 3.63) is 59.8 Å². The number of H-pyrrole nitrogens is 1. The Morgan fingerprint density at radius 3 is 2.47 bits per heavy atom. The van der Waals surface area contributed by atoms with E-state index in [4.69, 9.17) is 4.74 Å². The zero-order valence-corrected chi connectivity index (χ0v) is 16.9. The average molecular weight is 416 g/mol. The number of carbonyl (C=O) groups is 1. The fourth-order valence-corrected chi connectivity index (χ4v) is 4.19. The standard InChI is InChI=1S/C23H23F3N2O2/c1-13(29)28-20-12-27-19-9-8-16(10-17(19)20)30-21-11-18(22(21,2)3)14-4-6-15(7-5-14)23(24,25)26/h4-10,12,18,21,27H,11H2,1-3H3,(H,28,29)/t18-,21-/m1/s1. The molecule has 0 aliphatic heterocycles. The number of nitrogens with one attached hydrogen (secondary N) is 2. The van der Waals surface area contributed by atoms with E-state index >= 15 is 0 Å². The molecule has 7 heteroatoms. The maximum Gasteiger partial charge on any atom is 0.416 e. The fraction of sp³-hybridized carbons (Fsp3) is 0.348. The van der Waals surface area contributed by atoms with Gasteiger partial charge in [-0.25, -0.2) is 0 Å². The molecule has 2 atom stereocenters. The number of aromatic nitrogens is 1. The summed E-state index contributed by atoms with van der Waals surface area (Å²) in [5.41, 5.74) is 1.61. The number of hydrogen-bond acceptors (Lipinski definition) is 2. The molecule has 1 aliphatic carbocycles. The molecule has 1 saturated carbocycles. The zero-order valence-electron chi connectivity index (χ0n) is 16.9. The Hall–Kier alpha value is -2.96. The van der Waals surface area contributed by atoms with Gasteiger partial charge in [0.15, 0.2) is 0 Å². The molecule has 2 aromatic carbocycles. The van der Waals surface area contributed by atoms with E-state index in [0.717, 1.165) is 35.0 Å². The van der Waals surface area contributed by atoms with E-state index in [0.29, 0.717) is 11.4 Å². The smallest absolute Gasteiger partial charge is 0.416 e. The van der Waals surface area contributed by atoms with Crippen LogP contribution in [-0.4, -0.2) is 17.0 Å². The van der Waals surface area contributed by atoms with Gasteiger partial charge in [0.05, 0.1) is 11.3 Å². The topological polar surface area (TPSA) is 54.1 Å². The summed E-state index contributed by atoms with van der Waals surface area (Å²) < 4.78 is 44.7. The first kappa shape index (κ1) is 20.3. The van der Waals surface area contributed by atoms with Gasteiger partial charge in [0, 0.05) is 29.4 Å². The predicted octanol–water partition coefficient (Wildman–Crippen LogP) is 6.11. The Bertz CT molecular complexity index is 1080. The minimum absolute atomic E-state index is 0.0644. The second kappa shape index (κ2) is 7.07. The molecule has 0 radical (unpaired) electrons. The van der Waals surface area contributed by atoms with Gasteiger partial charge >= 0.3 is 6.18 Å². The van der Waals surface area contributed by atoms with E-state index in [-0.39, 0.29) is 23.3 Å². The molecule has 2 N–H and O–H groups in total. The van der Waals surface area contributed by atoms with E-state index in [1.54, 1.807) is 18.3 Å². The number of aromatic amines is 1. The van der Waals surface area contributed by atoms with Gasteiger partial charge in [0.2, 0.25) is 5.91 Å². The van der Waals surface area contributed by atoms with Crippen molar-refractivity contribution in [2.45, 2.75) is 45.4 Å². The third-order valence-electron chi connectivity index (χ3n) is 6.06. The number of amides is 1. The molecule has 1 aliphatic rings. The van der Waals surface area contributed by atoms with E-state index < -0.39 is 11.7 Å². The summed E-state index contributed by atoms with van der Waals surface area (Å²) in [6.45, 7) is 5.60. The molecule has 30 heavy (non-hydrogen) atoms. The highest BCUT2D eigenvalue weighted by atomic mass is 19.4. The average Bonchev–Trinajstić information content (AvgIpc) is 3.06. The highest BCUT2D eigenvalue weighted by Crippen LogP contribution is 2.54. The Labute approximate surface area is 172 Å². The number of carbonyl (C=O) groups excluding carboxylic acids is 1. The van der Waals surface area contributed by atoms with E-state index in [2.05, 4.69) is 24.1 Å². The Kier molecular flexibility index (Phi) is 4.79. The van der Waals surface area contributed by atoms with Crippen molar-refractivity contribution < 1.29 is 22.7 Å². The van der Waals surface area contributed by atoms with Gasteiger partial charge in [-0.3, -0.25) is 4.79 Å². The number of benzene rings is 2. The van der Waals surface area contributed by atoms with Crippen molar-refractivity contribution in [3.63, 3.8) is 0 Å². The first-order chi connectivity index (χ1) is 14.1. The number of halogens is 3. The number of rotatable bonds is 4. The Balaban J connectivity index is 1.49. The van der Waals surface area contributed by atoms with E-state index in [1.165, 1.54) is 6.92 Å². The minimum Gasteiger partial charge on any atom is -0.490 e. The monoisotopic (exact) mass is 416 g/mol. The SMILES string of the molecule is CC(=O)Nc1c[nH]c2ccc(O[C@@H]3C[C@H](c4ccc(C(F)(F)F)cc4)C3(C)C)cc12. The van der Waals surface area contributed by atoms with Gasteiger partial charge in [-0.05, 0) is 48.2 Å². The molecular weight excluding hydrogens is 393 g/mol. The van der Waals surface area contributed by atoms with Crippen LogP contribution in [0.2, 0.25) is 0 Å². The van der Waals surface area contributed by atoms with Crippen LogP contribution in [0.25, 0.3) is 10.9 Å². The van der Waals surface area contributed by atoms with Crippen LogP contribution in [0.3, 0.4) is 0 Å². The number of hydrogen-bond donors (Lipinski definition) is 2. The number of alkyl halides is 3. The van der Waals surface area contributed by atoms with Crippen LogP contribution in [0.5, 0.6) is 5.75 Å². The molecular formula is C23H23F3N2O2. The maximum atomic E-state index is 12.8. The predicted molar refractivity (Wildman–Crippen MR) is 110 cm³/mol. The van der Waals surface area contributed by atoms with Crippen LogP contribution < -0.4 is 10.1 Å². The summed E-state index contributed by atoms with van der Waals surface area (Å²) in [7, 11) is 0. The van der Waals surface area contributed by atoms with Crippen molar-refractivity contribution in [2.24, 2.45) is 5.41 Å². The molecule has 1 aromatic heterocycles. The van der Waals surface area contributed by atoms with Crippen LogP contribution in [0.1, 0.15) is 44.2 Å². The molecule has 1 fully saturated rings. The summed E-state index contributed by atoms with van der Waals surface area (Å²) in [4.78, 5) is 14.5. The molecule has 4 rings (SSSR count). The molecule has 0 unspecified atom stereocenters. The van der Waals surface area contributed by atoms with Crippen molar-refractivity contribution in [3.8, 4) is 5.75 Å². The van der Waals surface area contributed by atoms with Crippen LogP contribution in [0.4, 0.5) is 18.9 Å². The molecule has 0 bridgehead atoms. The largest absolute Gasteiger partial charge is 0.490 e. The molecule has 1 heterocycles. The summed E-state index contributed by atoms with van der Waals surface area (Å²) in [5, 5.41) is 3.65. The first-order valence-corrected chi connectivity index (χ1v) is 9.78. The molecule has 0 saturated heterocycles. The number of ether oxygens (including phenoxy) is 1. The summed E-state index contributed by atoms with van der Waals surface area (Å²) >= 11 is 0. The van der Waals surface area contributed by atoms with E-state index in [9.17, 15) is 18.0 Å².